The van der Waals surface area contributed by atoms with Crippen LogP contribution >= 0.6 is 11.6 Å². The topological polar surface area (TPSA) is 41.1 Å². The maximum absolute atomic E-state index is 5.83. The molecule has 4 nitrogen and oxygen atoms in total. The van der Waals surface area contributed by atoms with Crippen molar-refractivity contribution in [1.29, 1.82) is 0 Å². The van der Waals surface area contributed by atoms with E-state index in [-0.39, 0.29) is 0 Å². The van der Waals surface area contributed by atoms with E-state index in [1.165, 1.54) is 19.2 Å². The second-order valence-corrected chi connectivity index (χ2v) is 4.20. The first-order valence-corrected chi connectivity index (χ1v) is 5.56. The van der Waals surface area contributed by atoms with Gasteiger partial charge in [-0.25, -0.2) is 9.97 Å². The normalized spacial score (nSPS) is 21.3. The molecule has 1 aromatic rings. The van der Waals surface area contributed by atoms with Gasteiger partial charge in [0.15, 0.2) is 0 Å². The lowest BCUT2D eigenvalue weighted by Crippen LogP contribution is -2.44. The molecule has 1 N–H and O–H groups in total. The second-order valence-electron chi connectivity index (χ2n) is 3.81. The van der Waals surface area contributed by atoms with Crippen molar-refractivity contribution in [2.75, 3.05) is 25.0 Å². The third kappa shape index (κ3) is 2.58. The summed E-state index contributed by atoms with van der Waals surface area (Å²) in [5, 5.41) is 3.88. The van der Waals surface area contributed by atoms with Crippen LogP contribution in [0.5, 0.6) is 0 Å². The van der Waals surface area contributed by atoms with E-state index in [2.05, 4.69) is 27.2 Å². The first-order valence-electron chi connectivity index (χ1n) is 5.18. The number of halogens is 1. The van der Waals surface area contributed by atoms with Crippen molar-refractivity contribution in [3.8, 4) is 0 Å². The molecular formula is C10H15ClN4. The molecule has 1 saturated heterocycles. The van der Waals surface area contributed by atoms with Crippen molar-refractivity contribution >= 4 is 17.4 Å². The molecule has 0 saturated carbocycles. The molecule has 0 spiro atoms. The Balaban J connectivity index is 2.08. The van der Waals surface area contributed by atoms with E-state index in [1.54, 1.807) is 6.07 Å². The van der Waals surface area contributed by atoms with Crippen molar-refractivity contribution in [3.05, 3.63) is 17.5 Å². The first kappa shape index (κ1) is 10.6. The van der Waals surface area contributed by atoms with Gasteiger partial charge in [0.05, 0.1) is 0 Å². The minimum absolute atomic E-state index is 0.496. The van der Waals surface area contributed by atoms with E-state index in [9.17, 15) is 0 Å². The smallest absolute Gasteiger partial charge is 0.134 e. The van der Waals surface area contributed by atoms with Crippen LogP contribution in [-0.2, 0) is 0 Å². The fourth-order valence-electron chi connectivity index (χ4n) is 1.87. The van der Waals surface area contributed by atoms with Crippen LogP contribution in [0.25, 0.3) is 0 Å². The van der Waals surface area contributed by atoms with Crippen molar-refractivity contribution in [2.24, 2.45) is 0 Å². The Kier molecular flexibility index (Phi) is 3.38. The van der Waals surface area contributed by atoms with Gasteiger partial charge in [0.2, 0.25) is 0 Å². The number of aromatic nitrogens is 2. The van der Waals surface area contributed by atoms with E-state index in [0.717, 1.165) is 18.9 Å². The van der Waals surface area contributed by atoms with Gasteiger partial charge in [0.1, 0.15) is 17.3 Å². The van der Waals surface area contributed by atoms with Crippen LogP contribution in [0.15, 0.2) is 12.4 Å². The molecule has 0 aromatic carbocycles. The lowest BCUT2D eigenvalue weighted by Gasteiger charge is -2.32. The quantitative estimate of drug-likeness (QED) is 0.773. The highest BCUT2D eigenvalue weighted by atomic mass is 35.5. The molecule has 1 fully saturated rings. The van der Waals surface area contributed by atoms with Crippen LogP contribution in [-0.4, -0.2) is 36.1 Å². The zero-order valence-corrected chi connectivity index (χ0v) is 9.54. The monoisotopic (exact) mass is 226 g/mol. The van der Waals surface area contributed by atoms with Crippen LogP contribution in [0.4, 0.5) is 5.82 Å². The average Bonchev–Trinajstić information content (AvgIpc) is 2.29. The summed E-state index contributed by atoms with van der Waals surface area (Å²) in [6.07, 6.45) is 3.92. The number of likely N-dealkylation sites (N-methyl/N-ethyl adjacent to an activating group) is 1. The van der Waals surface area contributed by atoms with E-state index in [1.807, 2.05) is 0 Å². The molecule has 0 amide bonds. The fraction of sp³-hybridized carbons (Fsp3) is 0.600. The van der Waals surface area contributed by atoms with Crippen molar-refractivity contribution in [1.82, 2.24) is 15.3 Å². The van der Waals surface area contributed by atoms with Crippen molar-refractivity contribution in [2.45, 2.75) is 18.9 Å². The summed E-state index contributed by atoms with van der Waals surface area (Å²) in [5.74, 6) is 0.892. The SMILES string of the molecule is CN(c1cc(Cl)ncn1)[C@@H]1CCCNC1. The molecule has 2 rings (SSSR count). The third-order valence-corrected chi connectivity index (χ3v) is 3.01. The average molecular weight is 227 g/mol. The number of nitrogens with zero attached hydrogens (tertiary/aromatic N) is 3. The van der Waals surface area contributed by atoms with Crippen LogP contribution in [0.3, 0.4) is 0 Å². The summed E-state index contributed by atoms with van der Waals surface area (Å²) in [5.41, 5.74) is 0. The number of anilines is 1. The molecular weight excluding hydrogens is 212 g/mol. The summed E-state index contributed by atoms with van der Waals surface area (Å²) in [6.45, 7) is 2.13. The Morgan fingerprint density at radius 3 is 3.07 bits per heavy atom. The van der Waals surface area contributed by atoms with Gasteiger partial charge in [-0.3, -0.25) is 0 Å². The molecule has 5 heteroatoms. The molecule has 82 valence electrons. The molecule has 1 aliphatic heterocycles. The van der Waals surface area contributed by atoms with E-state index in [4.69, 9.17) is 11.6 Å². The number of hydrogen-bond donors (Lipinski definition) is 1. The minimum atomic E-state index is 0.496. The lowest BCUT2D eigenvalue weighted by molar-refractivity contribution is 0.443. The Hall–Kier alpha value is -0.870. The van der Waals surface area contributed by atoms with Gasteiger partial charge in [-0.05, 0) is 19.4 Å². The molecule has 0 aliphatic carbocycles. The maximum atomic E-state index is 5.83. The largest absolute Gasteiger partial charge is 0.355 e. The molecule has 2 heterocycles. The van der Waals surface area contributed by atoms with Gasteiger partial charge in [0, 0.05) is 25.7 Å². The number of hydrogen-bond acceptors (Lipinski definition) is 4. The van der Waals surface area contributed by atoms with Crippen LogP contribution in [0.1, 0.15) is 12.8 Å². The Labute approximate surface area is 94.7 Å². The highest BCUT2D eigenvalue weighted by molar-refractivity contribution is 6.29. The van der Waals surface area contributed by atoms with E-state index >= 15 is 0 Å². The van der Waals surface area contributed by atoms with E-state index < -0.39 is 0 Å². The molecule has 1 aliphatic rings. The van der Waals surface area contributed by atoms with Gasteiger partial charge in [-0.1, -0.05) is 11.6 Å². The van der Waals surface area contributed by atoms with Crippen molar-refractivity contribution < 1.29 is 0 Å². The van der Waals surface area contributed by atoms with Crippen LogP contribution in [0.2, 0.25) is 5.15 Å². The predicted octanol–water partition coefficient (Wildman–Crippen LogP) is 1.32. The number of nitrogens with one attached hydrogen (secondary N) is 1. The fourth-order valence-corrected chi connectivity index (χ4v) is 2.01. The van der Waals surface area contributed by atoms with Crippen LogP contribution < -0.4 is 10.2 Å². The van der Waals surface area contributed by atoms with Crippen molar-refractivity contribution in [3.63, 3.8) is 0 Å². The van der Waals surface area contributed by atoms with Gasteiger partial charge in [0.25, 0.3) is 0 Å². The number of piperidine rings is 1. The zero-order valence-electron chi connectivity index (χ0n) is 8.78. The minimum Gasteiger partial charge on any atom is -0.355 e. The molecule has 0 bridgehead atoms. The first-order chi connectivity index (χ1) is 7.27. The standard InChI is InChI=1S/C10H15ClN4/c1-15(8-3-2-4-12-6-8)10-5-9(11)13-7-14-10/h5,7-8,12H,2-4,6H2,1H3/t8-/m1/s1. The molecule has 0 unspecified atom stereocenters. The summed E-state index contributed by atoms with van der Waals surface area (Å²) in [7, 11) is 2.05. The van der Waals surface area contributed by atoms with Gasteiger partial charge >= 0.3 is 0 Å². The summed E-state index contributed by atoms with van der Waals surface area (Å²) >= 11 is 5.83. The molecule has 0 radical (unpaired) electrons. The Bertz CT molecular complexity index is 325. The van der Waals surface area contributed by atoms with Crippen LogP contribution in [0, 0.1) is 0 Å². The summed E-state index contributed by atoms with van der Waals surface area (Å²) in [6, 6.07) is 2.31. The number of rotatable bonds is 2. The van der Waals surface area contributed by atoms with Gasteiger partial charge in [-0.15, -0.1) is 0 Å². The summed E-state index contributed by atoms with van der Waals surface area (Å²) in [4.78, 5) is 10.3. The van der Waals surface area contributed by atoms with Gasteiger partial charge in [-0.2, -0.15) is 0 Å². The second kappa shape index (κ2) is 4.77. The lowest BCUT2D eigenvalue weighted by atomic mass is 10.1. The maximum Gasteiger partial charge on any atom is 0.134 e. The Morgan fingerprint density at radius 2 is 2.40 bits per heavy atom. The predicted molar refractivity (Wildman–Crippen MR) is 61.3 cm³/mol. The zero-order chi connectivity index (χ0) is 10.7. The van der Waals surface area contributed by atoms with E-state index in [0.29, 0.717) is 11.2 Å². The molecule has 1 atom stereocenters. The van der Waals surface area contributed by atoms with Gasteiger partial charge < -0.3 is 10.2 Å². The highest BCUT2D eigenvalue weighted by Crippen LogP contribution is 2.18. The third-order valence-electron chi connectivity index (χ3n) is 2.80. The highest BCUT2D eigenvalue weighted by Gasteiger charge is 2.18. The Morgan fingerprint density at radius 1 is 1.53 bits per heavy atom. The molecule has 15 heavy (non-hydrogen) atoms. The summed E-state index contributed by atoms with van der Waals surface area (Å²) < 4.78 is 0. The molecule has 1 aromatic heterocycles.